The van der Waals surface area contributed by atoms with Crippen molar-refractivity contribution in [2.24, 2.45) is 0 Å². The Kier molecular flexibility index (Phi) is 4.06. The number of carbonyl (C=O) groups excluding carboxylic acids is 3. The van der Waals surface area contributed by atoms with E-state index in [1.165, 1.54) is 0 Å². The molecular weight excluding hydrogens is 334 g/mol. The molecule has 7 heteroatoms. The fraction of sp³-hybridized carbons (Fsp3) is 0.368. The first-order chi connectivity index (χ1) is 12.6. The number of piperidine rings is 1. The van der Waals surface area contributed by atoms with Crippen LogP contribution in [0.25, 0.3) is 11.3 Å². The van der Waals surface area contributed by atoms with Crippen LogP contribution in [0.15, 0.2) is 28.8 Å². The summed E-state index contributed by atoms with van der Waals surface area (Å²) < 4.78 is 5.33. The van der Waals surface area contributed by atoms with Gasteiger partial charge in [-0.2, -0.15) is 0 Å². The Morgan fingerprint density at radius 1 is 1.27 bits per heavy atom. The quantitative estimate of drug-likeness (QED) is 0.849. The van der Waals surface area contributed by atoms with Gasteiger partial charge >= 0.3 is 0 Å². The number of imide groups is 1. The molecule has 1 atom stereocenters. The van der Waals surface area contributed by atoms with E-state index < -0.39 is 11.9 Å². The molecule has 2 aromatic rings. The number of fused-ring (bicyclic) bond motifs is 1. The van der Waals surface area contributed by atoms with Gasteiger partial charge in [0.25, 0.3) is 5.91 Å². The van der Waals surface area contributed by atoms with E-state index in [0.717, 1.165) is 35.4 Å². The highest BCUT2D eigenvalue weighted by molar-refractivity contribution is 6.05. The van der Waals surface area contributed by atoms with Crippen molar-refractivity contribution >= 4 is 17.7 Å². The van der Waals surface area contributed by atoms with E-state index in [4.69, 9.17) is 4.52 Å². The molecule has 3 amide bonds. The van der Waals surface area contributed by atoms with Gasteiger partial charge in [0.1, 0.15) is 17.5 Å². The van der Waals surface area contributed by atoms with Crippen LogP contribution >= 0.6 is 0 Å². The van der Waals surface area contributed by atoms with Crippen LogP contribution in [0.1, 0.15) is 47.9 Å². The lowest BCUT2D eigenvalue weighted by atomic mass is 10.0. The lowest BCUT2D eigenvalue weighted by Crippen LogP contribution is -2.52. The Balaban J connectivity index is 1.58. The summed E-state index contributed by atoms with van der Waals surface area (Å²) in [6.07, 6.45) is 2.43. The third-order valence-electron chi connectivity index (χ3n) is 4.87. The summed E-state index contributed by atoms with van der Waals surface area (Å²) in [6.45, 7) is 2.43. The molecule has 2 aliphatic rings. The average Bonchev–Trinajstić information content (AvgIpc) is 3.20. The largest absolute Gasteiger partial charge is 0.361 e. The van der Waals surface area contributed by atoms with Gasteiger partial charge in [0.05, 0.1) is 0 Å². The highest BCUT2D eigenvalue weighted by Gasteiger charge is 2.39. The molecule has 4 rings (SSSR count). The van der Waals surface area contributed by atoms with Crippen LogP contribution in [0.2, 0.25) is 0 Å². The molecule has 0 bridgehead atoms. The molecule has 26 heavy (non-hydrogen) atoms. The zero-order chi connectivity index (χ0) is 18.3. The van der Waals surface area contributed by atoms with Crippen molar-refractivity contribution in [3.05, 3.63) is 41.2 Å². The lowest BCUT2D eigenvalue weighted by Gasteiger charge is -2.29. The van der Waals surface area contributed by atoms with Crippen LogP contribution in [0.5, 0.6) is 0 Å². The molecule has 0 radical (unpaired) electrons. The van der Waals surface area contributed by atoms with Crippen molar-refractivity contribution in [1.82, 2.24) is 15.4 Å². The lowest BCUT2D eigenvalue weighted by molar-refractivity contribution is -0.136. The molecule has 1 N–H and O–H groups in total. The molecule has 0 aliphatic carbocycles. The van der Waals surface area contributed by atoms with Crippen LogP contribution < -0.4 is 5.32 Å². The number of hydrogen-bond donors (Lipinski definition) is 1. The zero-order valence-corrected chi connectivity index (χ0v) is 14.4. The van der Waals surface area contributed by atoms with Crippen LogP contribution in [0, 0.1) is 0 Å². The fourth-order valence-corrected chi connectivity index (χ4v) is 3.55. The van der Waals surface area contributed by atoms with Gasteiger partial charge in [0.15, 0.2) is 0 Å². The minimum absolute atomic E-state index is 0.173. The van der Waals surface area contributed by atoms with E-state index in [2.05, 4.69) is 17.4 Å². The first-order valence-corrected chi connectivity index (χ1v) is 8.80. The zero-order valence-electron chi connectivity index (χ0n) is 14.4. The van der Waals surface area contributed by atoms with Gasteiger partial charge in [-0.15, -0.1) is 0 Å². The highest BCUT2D eigenvalue weighted by atomic mass is 16.5. The number of nitrogens with one attached hydrogen (secondary N) is 1. The molecule has 7 nitrogen and oxygen atoms in total. The van der Waals surface area contributed by atoms with Gasteiger partial charge in [-0.25, -0.2) is 0 Å². The second kappa shape index (κ2) is 6.40. The summed E-state index contributed by atoms with van der Waals surface area (Å²) in [5.41, 5.74) is 3.07. The van der Waals surface area contributed by atoms with Crippen molar-refractivity contribution in [2.75, 3.05) is 0 Å². The molecule has 1 unspecified atom stereocenters. The Bertz CT molecular complexity index is 902. The number of carbonyl (C=O) groups is 3. The molecule has 1 aromatic carbocycles. The van der Waals surface area contributed by atoms with Crippen molar-refractivity contribution in [2.45, 2.75) is 45.2 Å². The Labute approximate surface area is 150 Å². The van der Waals surface area contributed by atoms with Gasteiger partial charge in [-0.3, -0.25) is 19.7 Å². The van der Waals surface area contributed by atoms with Crippen molar-refractivity contribution < 1.29 is 18.9 Å². The number of rotatable bonds is 4. The van der Waals surface area contributed by atoms with Crippen molar-refractivity contribution in [3.8, 4) is 11.3 Å². The van der Waals surface area contributed by atoms with Crippen LogP contribution in [-0.2, 0) is 22.6 Å². The third-order valence-corrected chi connectivity index (χ3v) is 4.87. The van der Waals surface area contributed by atoms with Crippen LogP contribution in [0.3, 0.4) is 0 Å². The van der Waals surface area contributed by atoms with E-state index in [1.54, 1.807) is 11.0 Å². The first kappa shape index (κ1) is 16.5. The minimum atomic E-state index is -0.598. The monoisotopic (exact) mass is 353 g/mol. The molecule has 0 saturated carbocycles. The normalized spacial score (nSPS) is 19.7. The van der Waals surface area contributed by atoms with Gasteiger partial charge in [-0.05, 0) is 30.5 Å². The molecule has 1 aromatic heterocycles. The first-order valence-electron chi connectivity index (χ1n) is 8.80. The number of benzene rings is 1. The molecular formula is C19H19N3O4. The molecule has 134 valence electrons. The number of aryl methyl sites for hydroxylation is 1. The Hall–Kier alpha value is -2.96. The minimum Gasteiger partial charge on any atom is -0.361 e. The molecule has 3 heterocycles. The molecule has 1 saturated heterocycles. The van der Waals surface area contributed by atoms with Crippen molar-refractivity contribution in [1.29, 1.82) is 0 Å². The Morgan fingerprint density at radius 2 is 2.12 bits per heavy atom. The summed E-state index contributed by atoms with van der Waals surface area (Å²) in [5, 5.41) is 6.42. The van der Waals surface area contributed by atoms with E-state index in [9.17, 15) is 14.4 Å². The molecule has 2 aliphatic heterocycles. The predicted molar refractivity (Wildman–Crippen MR) is 92.0 cm³/mol. The smallest absolute Gasteiger partial charge is 0.255 e. The molecule has 0 spiro atoms. The number of hydrogen-bond acceptors (Lipinski definition) is 5. The van der Waals surface area contributed by atoms with Gasteiger partial charge in [0, 0.05) is 36.6 Å². The third kappa shape index (κ3) is 2.79. The van der Waals surface area contributed by atoms with Gasteiger partial charge in [-0.1, -0.05) is 18.1 Å². The summed E-state index contributed by atoms with van der Waals surface area (Å²) in [6, 6.07) is 6.86. The number of aromatic nitrogens is 1. The fourth-order valence-electron chi connectivity index (χ4n) is 3.55. The summed E-state index contributed by atoms with van der Waals surface area (Å²) >= 11 is 0. The van der Waals surface area contributed by atoms with Crippen LogP contribution in [0.4, 0.5) is 0 Å². The van der Waals surface area contributed by atoms with E-state index >= 15 is 0 Å². The Morgan fingerprint density at radius 3 is 2.88 bits per heavy atom. The molecule has 1 fully saturated rings. The van der Waals surface area contributed by atoms with E-state index in [0.29, 0.717) is 18.5 Å². The maximum Gasteiger partial charge on any atom is 0.255 e. The standard InChI is InChI=1S/C19H19N3O4/c1-2-3-13-9-15(21-26-13)11-4-5-14-12(8-11)10-22(19(14)25)16-6-7-17(23)20-18(16)24/h4-5,8-9,16H,2-3,6-7,10H2,1H3,(H,20,23,24). The van der Waals surface area contributed by atoms with E-state index in [-0.39, 0.29) is 18.2 Å². The number of amides is 3. The maximum absolute atomic E-state index is 12.7. The van der Waals surface area contributed by atoms with Gasteiger partial charge < -0.3 is 9.42 Å². The van der Waals surface area contributed by atoms with Gasteiger partial charge in [0.2, 0.25) is 11.8 Å². The SMILES string of the molecule is CCCc1cc(-c2ccc3c(c2)CN(C2CCC(=O)NC2=O)C3=O)no1. The maximum atomic E-state index is 12.7. The summed E-state index contributed by atoms with van der Waals surface area (Å²) in [4.78, 5) is 37.7. The average molecular weight is 353 g/mol. The predicted octanol–water partition coefficient (Wildman–Crippen LogP) is 2.06. The van der Waals surface area contributed by atoms with E-state index in [1.807, 2.05) is 18.2 Å². The summed E-state index contributed by atoms with van der Waals surface area (Å²) in [7, 11) is 0. The topological polar surface area (TPSA) is 92.5 Å². The highest BCUT2D eigenvalue weighted by Crippen LogP contribution is 2.31. The van der Waals surface area contributed by atoms with Crippen LogP contribution in [-0.4, -0.2) is 33.8 Å². The second-order valence-corrected chi connectivity index (χ2v) is 6.70. The second-order valence-electron chi connectivity index (χ2n) is 6.70. The van der Waals surface area contributed by atoms with Crippen molar-refractivity contribution in [3.63, 3.8) is 0 Å². The summed E-state index contributed by atoms with van der Waals surface area (Å²) in [5.74, 6) is -0.0212. The number of nitrogens with zero attached hydrogens (tertiary/aromatic N) is 2.